The van der Waals surface area contributed by atoms with E-state index in [2.05, 4.69) is 4.98 Å². The van der Waals surface area contributed by atoms with Gasteiger partial charge >= 0.3 is 0 Å². The lowest BCUT2D eigenvalue weighted by Gasteiger charge is -2.13. The number of nitrogens with zero attached hydrogens (tertiary/aromatic N) is 1. The van der Waals surface area contributed by atoms with Crippen LogP contribution < -0.4 is 5.73 Å². The molecule has 1 fully saturated rings. The predicted octanol–water partition coefficient (Wildman–Crippen LogP) is 2.80. The topological polar surface area (TPSA) is 38.9 Å². The number of aromatic nitrogens is 1. The summed E-state index contributed by atoms with van der Waals surface area (Å²) in [6.07, 6.45) is 5.53. The van der Waals surface area contributed by atoms with Gasteiger partial charge in [-0.1, -0.05) is 23.2 Å². The van der Waals surface area contributed by atoms with Crippen molar-refractivity contribution in [3.63, 3.8) is 0 Å². The van der Waals surface area contributed by atoms with E-state index in [0.717, 1.165) is 5.56 Å². The molecule has 1 atom stereocenters. The Balaban J connectivity index is 2.36. The molecule has 1 heterocycles. The average Bonchev–Trinajstić information content (AvgIpc) is 2.85. The summed E-state index contributed by atoms with van der Waals surface area (Å²) in [5.74, 6) is 0.553. The van der Waals surface area contributed by atoms with Gasteiger partial charge in [0.1, 0.15) is 0 Å². The third kappa shape index (κ3) is 1.80. The first-order valence-corrected chi connectivity index (χ1v) is 5.00. The van der Waals surface area contributed by atoms with Crippen molar-refractivity contribution in [1.82, 2.24) is 4.98 Å². The van der Waals surface area contributed by atoms with Crippen molar-refractivity contribution in [2.75, 3.05) is 0 Å². The van der Waals surface area contributed by atoms with Gasteiger partial charge in [-0.05, 0) is 18.8 Å². The molecule has 0 radical (unpaired) electrons. The molecular formula is C9H10Cl2N2. The second kappa shape index (κ2) is 3.45. The Kier molecular flexibility index (Phi) is 2.45. The smallest absolute Gasteiger partial charge is 0.0652 e. The van der Waals surface area contributed by atoms with E-state index >= 15 is 0 Å². The highest BCUT2D eigenvalue weighted by Gasteiger charge is 2.31. The van der Waals surface area contributed by atoms with Crippen molar-refractivity contribution in [3.05, 3.63) is 28.0 Å². The Morgan fingerprint density at radius 2 is 1.85 bits per heavy atom. The fourth-order valence-electron chi connectivity index (χ4n) is 1.43. The fourth-order valence-corrected chi connectivity index (χ4v) is 2.05. The predicted molar refractivity (Wildman–Crippen MR) is 53.9 cm³/mol. The van der Waals surface area contributed by atoms with Crippen LogP contribution in [0.3, 0.4) is 0 Å². The molecule has 2 nitrogen and oxygen atoms in total. The number of hydrogen-bond acceptors (Lipinski definition) is 2. The summed E-state index contributed by atoms with van der Waals surface area (Å²) in [4.78, 5) is 3.89. The van der Waals surface area contributed by atoms with E-state index in [0.29, 0.717) is 16.0 Å². The van der Waals surface area contributed by atoms with Gasteiger partial charge in [0.05, 0.1) is 10.0 Å². The summed E-state index contributed by atoms with van der Waals surface area (Å²) in [7, 11) is 0. The average molecular weight is 217 g/mol. The van der Waals surface area contributed by atoms with Crippen LogP contribution in [-0.2, 0) is 0 Å². The monoisotopic (exact) mass is 216 g/mol. The van der Waals surface area contributed by atoms with Crippen LogP contribution in [0, 0.1) is 5.92 Å². The number of rotatable bonds is 2. The van der Waals surface area contributed by atoms with Gasteiger partial charge in [0, 0.05) is 24.0 Å². The quantitative estimate of drug-likeness (QED) is 0.827. The summed E-state index contributed by atoms with van der Waals surface area (Å²) < 4.78 is 0. The van der Waals surface area contributed by atoms with E-state index in [4.69, 9.17) is 28.9 Å². The van der Waals surface area contributed by atoms with Crippen LogP contribution in [0.25, 0.3) is 0 Å². The van der Waals surface area contributed by atoms with Crippen LogP contribution in [0.2, 0.25) is 10.0 Å². The molecule has 1 aromatic heterocycles. The highest BCUT2D eigenvalue weighted by Crippen LogP contribution is 2.43. The van der Waals surface area contributed by atoms with E-state index in [-0.39, 0.29) is 6.04 Å². The second-order valence-electron chi connectivity index (χ2n) is 3.38. The molecule has 1 aliphatic rings. The zero-order chi connectivity index (χ0) is 9.42. The third-order valence-electron chi connectivity index (χ3n) is 2.35. The van der Waals surface area contributed by atoms with Crippen molar-refractivity contribution in [2.24, 2.45) is 11.7 Å². The summed E-state index contributed by atoms with van der Waals surface area (Å²) >= 11 is 11.9. The maximum atomic E-state index is 6.01. The molecule has 0 amide bonds. The number of nitrogens with two attached hydrogens (primary N) is 1. The molecule has 13 heavy (non-hydrogen) atoms. The summed E-state index contributed by atoms with van der Waals surface area (Å²) in [5.41, 5.74) is 6.85. The summed E-state index contributed by atoms with van der Waals surface area (Å²) in [6, 6.07) is -0.0250. The van der Waals surface area contributed by atoms with E-state index in [9.17, 15) is 0 Å². The maximum Gasteiger partial charge on any atom is 0.0652 e. The van der Waals surface area contributed by atoms with Gasteiger partial charge in [-0.25, -0.2) is 0 Å². The standard InChI is InChI=1S/C9H10Cl2N2/c10-6-3-13-4-7(11)8(6)9(12)5-1-2-5/h3-5,9H,1-2,12H2/t9-/m1/s1. The summed E-state index contributed by atoms with van der Waals surface area (Å²) in [6.45, 7) is 0. The van der Waals surface area contributed by atoms with Gasteiger partial charge < -0.3 is 5.73 Å². The molecule has 0 bridgehead atoms. The first kappa shape index (κ1) is 9.25. The highest BCUT2D eigenvalue weighted by molar-refractivity contribution is 6.35. The molecular weight excluding hydrogens is 207 g/mol. The zero-order valence-electron chi connectivity index (χ0n) is 7.00. The lowest BCUT2D eigenvalue weighted by Crippen LogP contribution is -2.13. The number of pyridine rings is 1. The molecule has 1 aromatic rings. The van der Waals surface area contributed by atoms with Gasteiger partial charge in [0.15, 0.2) is 0 Å². The Labute approximate surface area is 87.1 Å². The van der Waals surface area contributed by atoms with Gasteiger partial charge in [0.25, 0.3) is 0 Å². The van der Waals surface area contributed by atoms with Gasteiger partial charge in [-0.15, -0.1) is 0 Å². The highest BCUT2D eigenvalue weighted by atomic mass is 35.5. The Hall–Kier alpha value is -0.310. The van der Waals surface area contributed by atoms with Crippen molar-refractivity contribution in [3.8, 4) is 0 Å². The van der Waals surface area contributed by atoms with Crippen molar-refractivity contribution in [2.45, 2.75) is 18.9 Å². The Morgan fingerprint density at radius 1 is 1.31 bits per heavy atom. The largest absolute Gasteiger partial charge is 0.324 e. The van der Waals surface area contributed by atoms with Crippen LogP contribution >= 0.6 is 23.2 Å². The van der Waals surface area contributed by atoms with Crippen LogP contribution in [-0.4, -0.2) is 4.98 Å². The molecule has 1 saturated carbocycles. The Morgan fingerprint density at radius 3 is 2.31 bits per heavy atom. The molecule has 0 spiro atoms. The number of halogens is 2. The lowest BCUT2D eigenvalue weighted by molar-refractivity contribution is 0.633. The molecule has 2 rings (SSSR count). The number of hydrogen-bond donors (Lipinski definition) is 1. The van der Waals surface area contributed by atoms with Crippen molar-refractivity contribution >= 4 is 23.2 Å². The maximum absolute atomic E-state index is 6.01. The molecule has 2 N–H and O–H groups in total. The Bertz CT molecular complexity index is 303. The van der Waals surface area contributed by atoms with Gasteiger partial charge in [-0.2, -0.15) is 0 Å². The SMILES string of the molecule is N[C@@H](c1c(Cl)cncc1Cl)C1CC1. The zero-order valence-corrected chi connectivity index (χ0v) is 8.52. The lowest BCUT2D eigenvalue weighted by atomic mass is 10.1. The van der Waals surface area contributed by atoms with Gasteiger partial charge in [-0.3, -0.25) is 4.98 Å². The fraction of sp³-hybridized carbons (Fsp3) is 0.444. The van der Waals surface area contributed by atoms with E-state index in [1.807, 2.05) is 0 Å². The van der Waals surface area contributed by atoms with Gasteiger partial charge in [0.2, 0.25) is 0 Å². The minimum Gasteiger partial charge on any atom is -0.324 e. The van der Waals surface area contributed by atoms with Crippen LogP contribution in [0.5, 0.6) is 0 Å². The van der Waals surface area contributed by atoms with Crippen LogP contribution in [0.1, 0.15) is 24.4 Å². The molecule has 0 aromatic carbocycles. The van der Waals surface area contributed by atoms with Crippen molar-refractivity contribution < 1.29 is 0 Å². The van der Waals surface area contributed by atoms with Crippen molar-refractivity contribution in [1.29, 1.82) is 0 Å². The normalized spacial score (nSPS) is 18.7. The third-order valence-corrected chi connectivity index (χ3v) is 2.96. The first-order chi connectivity index (χ1) is 6.20. The second-order valence-corrected chi connectivity index (χ2v) is 4.19. The first-order valence-electron chi connectivity index (χ1n) is 4.24. The van der Waals surface area contributed by atoms with Crippen LogP contribution in [0.4, 0.5) is 0 Å². The molecule has 0 aliphatic heterocycles. The molecule has 0 saturated heterocycles. The van der Waals surface area contributed by atoms with E-state index in [1.165, 1.54) is 12.8 Å². The molecule has 70 valence electrons. The van der Waals surface area contributed by atoms with E-state index < -0.39 is 0 Å². The van der Waals surface area contributed by atoms with E-state index in [1.54, 1.807) is 12.4 Å². The minimum atomic E-state index is -0.0250. The molecule has 0 unspecified atom stereocenters. The minimum absolute atomic E-state index is 0.0250. The summed E-state index contributed by atoms with van der Waals surface area (Å²) in [5, 5.41) is 1.15. The molecule has 1 aliphatic carbocycles. The molecule has 4 heteroatoms. The van der Waals surface area contributed by atoms with Crippen LogP contribution in [0.15, 0.2) is 12.4 Å².